The molecule has 136 valence electrons. The zero-order valence-electron chi connectivity index (χ0n) is 14.8. The highest BCUT2D eigenvalue weighted by molar-refractivity contribution is 7.16. The van der Waals surface area contributed by atoms with Gasteiger partial charge in [0.05, 0.1) is 17.3 Å². The fourth-order valence-electron chi connectivity index (χ4n) is 2.63. The van der Waals surface area contributed by atoms with E-state index in [0.29, 0.717) is 23.6 Å². The number of amides is 1. The lowest BCUT2D eigenvalue weighted by Gasteiger charge is -2.18. The Bertz CT molecular complexity index is 993. The number of carbonyl (C=O) groups is 1. The van der Waals surface area contributed by atoms with Gasteiger partial charge in [-0.05, 0) is 36.8 Å². The number of rotatable bonds is 6. The molecule has 0 radical (unpaired) electrons. The molecular formula is C19H20N2O4S. The first-order chi connectivity index (χ1) is 12.5. The Morgan fingerprint density at radius 3 is 2.65 bits per heavy atom. The second kappa shape index (κ2) is 7.61. The second-order valence-electron chi connectivity index (χ2n) is 5.76. The molecule has 1 amide bonds. The molecule has 0 aliphatic carbocycles. The molecule has 6 nitrogen and oxygen atoms in total. The van der Waals surface area contributed by atoms with Crippen LogP contribution in [0.15, 0.2) is 47.3 Å². The maximum absolute atomic E-state index is 12.6. The third-order valence-electron chi connectivity index (χ3n) is 4.06. The summed E-state index contributed by atoms with van der Waals surface area (Å²) in [6, 6.07) is 12.6. The van der Waals surface area contributed by atoms with Gasteiger partial charge in [0.25, 0.3) is 5.91 Å². The van der Waals surface area contributed by atoms with Crippen LogP contribution in [0.25, 0.3) is 10.2 Å². The van der Waals surface area contributed by atoms with E-state index in [0.717, 1.165) is 21.6 Å². The van der Waals surface area contributed by atoms with Crippen molar-refractivity contribution in [3.63, 3.8) is 0 Å². The molecule has 2 aromatic carbocycles. The lowest BCUT2D eigenvalue weighted by atomic mass is 10.2. The maximum atomic E-state index is 12.6. The number of nitrogens with one attached hydrogen (secondary N) is 1. The maximum Gasteiger partial charge on any atom is 0.307 e. The highest BCUT2D eigenvalue weighted by Gasteiger charge is 2.20. The molecule has 1 aromatic heterocycles. The van der Waals surface area contributed by atoms with Crippen LogP contribution in [0.5, 0.6) is 11.5 Å². The minimum Gasteiger partial charge on any atom is -0.493 e. The lowest BCUT2D eigenvalue weighted by molar-refractivity contribution is -0.122. The molecule has 26 heavy (non-hydrogen) atoms. The number of para-hydroxylation sites is 2. The quantitative estimate of drug-likeness (QED) is 0.720. The topological polar surface area (TPSA) is 69.6 Å². The first-order valence-corrected chi connectivity index (χ1v) is 9.05. The Morgan fingerprint density at radius 2 is 1.96 bits per heavy atom. The highest BCUT2D eigenvalue weighted by Crippen LogP contribution is 2.28. The van der Waals surface area contributed by atoms with Crippen LogP contribution in [-0.4, -0.2) is 23.7 Å². The zero-order valence-corrected chi connectivity index (χ0v) is 15.6. The zero-order chi connectivity index (χ0) is 18.7. The van der Waals surface area contributed by atoms with Gasteiger partial charge in [-0.1, -0.05) is 30.4 Å². The Kier molecular flexibility index (Phi) is 5.27. The number of aromatic nitrogens is 1. The van der Waals surface area contributed by atoms with Crippen molar-refractivity contribution in [1.82, 2.24) is 4.57 Å². The molecule has 0 aliphatic heterocycles. The van der Waals surface area contributed by atoms with Crippen LogP contribution in [0, 0.1) is 0 Å². The Balaban J connectivity index is 1.78. The van der Waals surface area contributed by atoms with Gasteiger partial charge in [0.1, 0.15) is 0 Å². The molecule has 0 saturated carbocycles. The molecule has 0 saturated heterocycles. The SMILES string of the molecule is CC[C@@H](Oc1ccccc1OC)C(=O)Nc1ccc2c(c1)sc(=O)n2C. The number of benzene rings is 2. The van der Waals surface area contributed by atoms with E-state index >= 15 is 0 Å². The highest BCUT2D eigenvalue weighted by atomic mass is 32.1. The molecule has 1 N–H and O–H groups in total. The molecular weight excluding hydrogens is 352 g/mol. The third kappa shape index (κ3) is 3.57. The number of aryl methyl sites for hydroxylation is 1. The molecule has 3 rings (SSSR count). The molecule has 3 aromatic rings. The number of thiazole rings is 1. The summed E-state index contributed by atoms with van der Waals surface area (Å²) in [5, 5.41) is 2.86. The van der Waals surface area contributed by atoms with Crippen molar-refractivity contribution >= 4 is 33.1 Å². The average molecular weight is 372 g/mol. The minimum absolute atomic E-state index is 0.0329. The molecule has 0 spiro atoms. The van der Waals surface area contributed by atoms with Gasteiger partial charge in [-0.15, -0.1) is 0 Å². The number of carbonyl (C=O) groups excluding carboxylic acids is 1. The van der Waals surface area contributed by atoms with Crippen molar-refractivity contribution in [1.29, 1.82) is 0 Å². The number of hydrogen-bond donors (Lipinski definition) is 1. The van der Waals surface area contributed by atoms with Crippen molar-refractivity contribution < 1.29 is 14.3 Å². The molecule has 0 unspecified atom stereocenters. The number of methoxy groups -OCH3 is 1. The van der Waals surface area contributed by atoms with Gasteiger partial charge in [-0.2, -0.15) is 0 Å². The third-order valence-corrected chi connectivity index (χ3v) is 5.06. The van der Waals surface area contributed by atoms with Crippen LogP contribution in [0.4, 0.5) is 5.69 Å². The van der Waals surface area contributed by atoms with E-state index in [1.807, 2.05) is 25.1 Å². The van der Waals surface area contributed by atoms with Crippen LogP contribution in [0.3, 0.4) is 0 Å². The Labute approximate surface area is 155 Å². The summed E-state index contributed by atoms with van der Waals surface area (Å²) in [5.41, 5.74) is 1.47. The number of nitrogens with zero attached hydrogens (tertiary/aromatic N) is 1. The smallest absolute Gasteiger partial charge is 0.307 e. The summed E-state index contributed by atoms with van der Waals surface area (Å²) in [4.78, 5) is 24.3. The van der Waals surface area contributed by atoms with E-state index in [1.54, 1.807) is 43.0 Å². The number of anilines is 1. The first kappa shape index (κ1) is 18.0. The van der Waals surface area contributed by atoms with Crippen LogP contribution in [0.1, 0.15) is 13.3 Å². The van der Waals surface area contributed by atoms with E-state index in [2.05, 4.69) is 5.32 Å². The van der Waals surface area contributed by atoms with Gasteiger partial charge in [0.15, 0.2) is 17.6 Å². The standard InChI is InChI=1S/C19H20N2O4S/c1-4-14(25-16-8-6-5-7-15(16)24-3)18(22)20-12-9-10-13-17(11-12)26-19(23)21(13)2/h5-11,14H,4H2,1-3H3,(H,20,22)/t14-/m1/s1. The van der Waals surface area contributed by atoms with E-state index in [9.17, 15) is 9.59 Å². The number of fused-ring (bicyclic) bond motifs is 1. The monoisotopic (exact) mass is 372 g/mol. The van der Waals surface area contributed by atoms with E-state index < -0.39 is 6.10 Å². The summed E-state index contributed by atoms with van der Waals surface area (Å²) < 4.78 is 13.5. The molecule has 0 bridgehead atoms. The van der Waals surface area contributed by atoms with Gasteiger partial charge >= 0.3 is 4.87 Å². The van der Waals surface area contributed by atoms with Gasteiger partial charge < -0.3 is 19.4 Å². The van der Waals surface area contributed by atoms with Crippen LogP contribution >= 0.6 is 11.3 Å². The van der Waals surface area contributed by atoms with Gasteiger partial charge in [-0.25, -0.2) is 0 Å². The van der Waals surface area contributed by atoms with Gasteiger partial charge in [0, 0.05) is 12.7 Å². The summed E-state index contributed by atoms with van der Waals surface area (Å²) in [5.74, 6) is 0.851. The summed E-state index contributed by atoms with van der Waals surface area (Å²) in [7, 11) is 3.29. The predicted molar refractivity (Wildman–Crippen MR) is 103 cm³/mol. The van der Waals surface area contributed by atoms with Crippen LogP contribution in [-0.2, 0) is 11.8 Å². The van der Waals surface area contributed by atoms with Crippen molar-refractivity contribution in [2.75, 3.05) is 12.4 Å². The fourth-order valence-corrected chi connectivity index (χ4v) is 3.54. The van der Waals surface area contributed by atoms with Crippen molar-refractivity contribution in [2.24, 2.45) is 7.05 Å². The average Bonchev–Trinajstić information content (AvgIpc) is 2.93. The van der Waals surface area contributed by atoms with Crippen LogP contribution in [0.2, 0.25) is 0 Å². The summed E-state index contributed by atoms with van der Waals surface area (Å²) >= 11 is 1.15. The summed E-state index contributed by atoms with van der Waals surface area (Å²) in [6.45, 7) is 1.88. The van der Waals surface area contributed by atoms with E-state index in [4.69, 9.17) is 9.47 Å². The predicted octanol–water partition coefficient (Wildman–Crippen LogP) is 3.40. The van der Waals surface area contributed by atoms with E-state index in [1.165, 1.54) is 0 Å². The molecule has 1 heterocycles. The van der Waals surface area contributed by atoms with Crippen molar-refractivity contribution in [3.05, 3.63) is 52.1 Å². The number of ether oxygens (including phenoxy) is 2. The second-order valence-corrected chi connectivity index (χ2v) is 6.76. The van der Waals surface area contributed by atoms with Crippen molar-refractivity contribution in [3.8, 4) is 11.5 Å². The molecule has 0 aliphatic rings. The minimum atomic E-state index is -0.656. The van der Waals surface area contributed by atoms with E-state index in [-0.39, 0.29) is 10.8 Å². The van der Waals surface area contributed by atoms with Crippen LogP contribution < -0.4 is 19.7 Å². The van der Waals surface area contributed by atoms with Gasteiger partial charge in [0.2, 0.25) is 0 Å². The first-order valence-electron chi connectivity index (χ1n) is 8.23. The summed E-state index contributed by atoms with van der Waals surface area (Å²) in [6.07, 6.45) is -0.151. The lowest BCUT2D eigenvalue weighted by Crippen LogP contribution is -2.32. The normalized spacial score (nSPS) is 12.0. The van der Waals surface area contributed by atoms with Crippen molar-refractivity contribution in [2.45, 2.75) is 19.4 Å². The number of hydrogen-bond acceptors (Lipinski definition) is 5. The van der Waals surface area contributed by atoms with Gasteiger partial charge in [-0.3, -0.25) is 9.59 Å². The molecule has 7 heteroatoms. The Morgan fingerprint density at radius 1 is 1.23 bits per heavy atom. The molecule has 0 fully saturated rings. The Hall–Kier alpha value is -2.80. The largest absolute Gasteiger partial charge is 0.493 e. The molecule has 1 atom stereocenters. The fraction of sp³-hybridized carbons (Fsp3) is 0.263.